The number of rotatable bonds is 7. The molecule has 0 aliphatic heterocycles. The molecule has 0 aliphatic rings. The summed E-state index contributed by atoms with van der Waals surface area (Å²) in [5.74, 6) is 1.05. The highest BCUT2D eigenvalue weighted by molar-refractivity contribution is 7.91. The summed E-state index contributed by atoms with van der Waals surface area (Å²) in [6.07, 6.45) is 0. The zero-order chi connectivity index (χ0) is 21.8. The van der Waals surface area contributed by atoms with Gasteiger partial charge in [0.15, 0.2) is 17.3 Å². The standard InChI is InChI=1S/C24H21NO5S/c1-17-13-21(30-25-17)20-14-23(29-16-18-9-5-3-6-10-18)22(28-2)15-24(20)31(26,27)19-11-7-4-8-12-19/h3-15H,16H2,1-2H3. The van der Waals surface area contributed by atoms with Crippen molar-refractivity contribution < 1.29 is 22.4 Å². The van der Waals surface area contributed by atoms with Gasteiger partial charge in [0.2, 0.25) is 9.84 Å². The Balaban J connectivity index is 1.84. The Morgan fingerprint density at radius 2 is 1.58 bits per heavy atom. The minimum absolute atomic E-state index is 0.0544. The molecule has 6 nitrogen and oxygen atoms in total. The van der Waals surface area contributed by atoms with Crippen molar-refractivity contribution in [2.45, 2.75) is 23.3 Å². The summed E-state index contributed by atoms with van der Waals surface area (Å²) < 4.78 is 43.7. The van der Waals surface area contributed by atoms with Crippen LogP contribution in [-0.2, 0) is 16.4 Å². The first-order valence-corrected chi connectivity index (χ1v) is 11.1. The predicted molar refractivity (Wildman–Crippen MR) is 116 cm³/mol. The maximum Gasteiger partial charge on any atom is 0.207 e. The second-order valence-electron chi connectivity index (χ2n) is 6.92. The number of hydrogen-bond acceptors (Lipinski definition) is 6. The molecular weight excluding hydrogens is 414 g/mol. The van der Waals surface area contributed by atoms with Crippen molar-refractivity contribution >= 4 is 9.84 Å². The summed E-state index contributed by atoms with van der Waals surface area (Å²) >= 11 is 0. The highest BCUT2D eigenvalue weighted by Gasteiger charge is 2.27. The molecular formula is C24H21NO5S. The summed E-state index contributed by atoms with van der Waals surface area (Å²) in [5.41, 5.74) is 1.97. The molecule has 0 amide bonds. The summed E-state index contributed by atoms with van der Waals surface area (Å²) in [6, 6.07) is 22.7. The minimum Gasteiger partial charge on any atom is -0.493 e. The quantitative estimate of drug-likeness (QED) is 0.403. The van der Waals surface area contributed by atoms with Gasteiger partial charge in [0, 0.05) is 17.7 Å². The highest BCUT2D eigenvalue weighted by Crippen LogP contribution is 2.40. The lowest BCUT2D eigenvalue weighted by molar-refractivity contribution is 0.284. The smallest absolute Gasteiger partial charge is 0.207 e. The first-order valence-electron chi connectivity index (χ1n) is 9.61. The Labute approximate surface area is 181 Å². The third-order valence-corrected chi connectivity index (χ3v) is 6.55. The molecule has 0 radical (unpaired) electrons. The van der Waals surface area contributed by atoms with Crippen molar-refractivity contribution in [3.8, 4) is 22.8 Å². The Morgan fingerprint density at radius 1 is 0.903 bits per heavy atom. The van der Waals surface area contributed by atoms with E-state index in [0.717, 1.165) is 5.56 Å². The summed E-state index contributed by atoms with van der Waals surface area (Å²) in [7, 11) is -2.37. The Morgan fingerprint density at radius 3 is 2.19 bits per heavy atom. The molecule has 0 atom stereocenters. The van der Waals surface area contributed by atoms with Gasteiger partial charge in [0.25, 0.3) is 0 Å². The van der Waals surface area contributed by atoms with E-state index < -0.39 is 9.84 Å². The first-order chi connectivity index (χ1) is 15.0. The van der Waals surface area contributed by atoms with Crippen molar-refractivity contribution in [1.29, 1.82) is 0 Å². The van der Waals surface area contributed by atoms with Crippen LogP contribution >= 0.6 is 0 Å². The molecule has 0 aliphatic carbocycles. The van der Waals surface area contributed by atoms with E-state index in [1.165, 1.54) is 13.2 Å². The average Bonchev–Trinajstić information content (AvgIpc) is 3.24. The van der Waals surface area contributed by atoms with E-state index in [1.54, 1.807) is 49.4 Å². The van der Waals surface area contributed by atoms with Crippen LogP contribution in [0.5, 0.6) is 11.5 Å². The third-order valence-electron chi connectivity index (χ3n) is 4.74. The van der Waals surface area contributed by atoms with E-state index in [-0.39, 0.29) is 9.79 Å². The normalized spacial score (nSPS) is 11.3. The lowest BCUT2D eigenvalue weighted by Gasteiger charge is -2.16. The van der Waals surface area contributed by atoms with Gasteiger partial charge in [0.05, 0.1) is 22.6 Å². The number of benzene rings is 3. The Hall–Kier alpha value is -3.58. The van der Waals surface area contributed by atoms with E-state index in [2.05, 4.69) is 5.16 Å². The van der Waals surface area contributed by atoms with Crippen molar-refractivity contribution in [1.82, 2.24) is 5.16 Å². The minimum atomic E-state index is -3.85. The molecule has 31 heavy (non-hydrogen) atoms. The SMILES string of the molecule is COc1cc(S(=O)(=O)c2ccccc2)c(-c2cc(C)no2)cc1OCc1ccccc1. The van der Waals surface area contributed by atoms with Crippen LogP contribution in [0.3, 0.4) is 0 Å². The van der Waals surface area contributed by atoms with Crippen molar-refractivity contribution in [3.05, 3.63) is 90.1 Å². The Kier molecular flexibility index (Phi) is 5.77. The van der Waals surface area contributed by atoms with E-state index in [0.29, 0.717) is 35.1 Å². The van der Waals surface area contributed by atoms with Crippen LogP contribution < -0.4 is 9.47 Å². The summed E-state index contributed by atoms with van der Waals surface area (Å²) in [6.45, 7) is 2.07. The number of methoxy groups -OCH3 is 1. The largest absolute Gasteiger partial charge is 0.493 e. The molecule has 3 aromatic carbocycles. The molecule has 0 saturated heterocycles. The van der Waals surface area contributed by atoms with Gasteiger partial charge in [-0.05, 0) is 30.7 Å². The second-order valence-corrected chi connectivity index (χ2v) is 8.84. The molecule has 158 valence electrons. The summed E-state index contributed by atoms with van der Waals surface area (Å²) in [4.78, 5) is 0.228. The number of sulfone groups is 1. The van der Waals surface area contributed by atoms with Gasteiger partial charge >= 0.3 is 0 Å². The topological polar surface area (TPSA) is 78.6 Å². The zero-order valence-corrected chi connectivity index (χ0v) is 17.9. The predicted octanol–water partition coefficient (Wildman–Crippen LogP) is 5.07. The van der Waals surface area contributed by atoms with Gasteiger partial charge in [-0.3, -0.25) is 0 Å². The van der Waals surface area contributed by atoms with Crippen LogP contribution in [0.2, 0.25) is 0 Å². The van der Waals surface area contributed by atoms with Gasteiger partial charge in [-0.1, -0.05) is 53.7 Å². The molecule has 0 unspecified atom stereocenters. The molecule has 4 aromatic rings. The van der Waals surface area contributed by atoms with Gasteiger partial charge < -0.3 is 14.0 Å². The molecule has 0 fully saturated rings. The van der Waals surface area contributed by atoms with E-state index in [9.17, 15) is 8.42 Å². The number of aromatic nitrogens is 1. The molecule has 0 bridgehead atoms. The zero-order valence-electron chi connectivity index (χ0n) is 17.1. The van der Waals surface area contributed by atoms with Crippen molar-refractivity contribution in [2.24, 2.45) is 0 Å². The summed E-state index contributed by atoms with van der Waals surface area (Å²) in [5, 5.41) is 3.91. The fourth-order valence-electron chi connectivity index (χ4n) is 3.18. The number of hydrogen-bond donors (Lipinski definition) is 0. The first kappa shape index (κ1) is 20.7. The van der Waals surface area contributed by atoms with Gasteiger partial charge in [-0.15, -0.1) is 0 Å². The van der Waals surface area contributed by atoms with E-state index in [4.69, 9.17) is 14.0 Å². The molecule has 7 heteroatoms. The average molecular weight is 436 g/mol. The molecule has 4 rings (SSSR count). The maximum absolute atomic E-state index is 13.4. The number of aryl methyl sites for hydroxylation is 1. The van der Waals surface area contributed by atoms with Crippen molar-refractivity contribution in [3.63, 3.8) is 0 Å². The molecule has 1 heterocycles. The number of ether oxygens (including phenoxy) is 2. The third kappa shape index (κ3) is 4.32. The lowest BCUT2D eigenvalue weighted by atomic mass is 10.1. The van der Waals surface area contributed by atoms with Crippen LogP contribution in [0.4, 0.5) is 0 Å². The highest BCUT2D eigenvalue weighted by atomic mass is 32.2. The number of nitrogens with zero attached hydrogens (tertiary/aromatic N) is 1. The van der Waals surface area contributed by atoms with Crippen molar-refractivity contribution in [2.75, 3.05) is 7.11 Å². The molecule has 0 spiro atoms. The van der Waals surface area contributed by atoms with Crippen LogP contribution in [0.25, 0.3) is 11.3 Å². The van der Waals surface area contributed by atoms with E-state index in [1.807, 2.05) is 30.3 Å². The monoisotopic (exact) mass is 435 g/mol. The van der Waals surface area contributed by atoms with Gasteiger partial charge in [-0.2, -0.15) is 0 Å². The van der Waals surface area contributed by atoms with Gasteiger partial charge in [-0.25, -0.2) is 8.42 Å². The van der Waals surface area contributed by atoms with Crippen LogP contribution in [0, 0.1) is 6.92 Å². The molecule has 0 N–H and O–H groups in total. The van der Waals surface area contributed by atoms with Crippen LogP contribution in [0.15, 0.2) is 93.2 Å². The second kappa shape index (κ2) is 8.65. The lowest BCUT2D eigenvalue weighted by Crippen LogP contribution is -2.06. The van der Waals surface area contributed by atoms with Gasteiger partial charge in [0.1, 0.15) is 6.61 Å². The van der Waals surface area contributed by atoms with E-state index >= 15 is 0 Å². The van der Waals surface area contributed by atoms with Crippen LogP contribution in [0.1, 0.15) is 11.3 Å². The fourth-order valence-corrected chi connectivity index (χ4v) is 4.66. The molecule has 0 saturated carbocycles. The molecule has 1 aromatic heterocycles. The Bertz CT molecular complexity index is 1280. The fraction of sp³-hybridized carbons (Fsp3) is 0.125. The van der Waals surface area contributed by atoms with Crippen LogP contribution in [-0.4, -0.2) is 20.7 Å². The maximum atomic E-state index is 13.4.